The van der Waals surface area contributed by atoms with Gasteiger partial charge in [0.2, 0.25) is 10.0 Å². The van der Waals surface area contributed by atoms with Crippen LogP contribution in [0.25, 0.3) is 0 Å². The van der Waals surface area contributed by atoms with Crippen molar-refractivity contribution in [2.75, 3.05) is 31.4 Å². The summed E-state index contributed by atoms with van der Waals surface area (Å²) in [5, 5.41) is -0.316. The first-order valence-corrected chi connectivity index (χ1v) is 7.43. The predicted octanol–water partition coefficient (Wildman–Crippen LogP) is 0.929. The van der Waals surface area contributed by atoms with Crippen molar-refractivity contribution in [3.63, 3.8) is 0 Å². The van der Waals surface area contributed by atoms with Crippen LogP contribution in [0.5, 0.6) is 0 Å². The summed E-state index contributed by atoms with van der Waals surface area (Å²) >= 11 is 5.47. The minimum atomic E-state index is -3.25. The second kappa shape index (κ2) is 5.48. The van der Waals surface area contributed by atoms with Crippen molar-refractivity contribution in [3.8, 4) is 0 Å². The number of halogens is 1. The van der Waals surface area contributed by atoms with Crippen molar-refractivity contribution in [1.82, 2.24) is 9.21 Å². The third-order valence-electron chi connectivity index (χ3n) is 2.81. The lowest BCUT2D eigenvalue weighted by Gasteiger charge is -2.27. The summed E-state index contributed by atoms with van der Waals surface area (Å²) in [5.41, 5.74) is 0. The molecule has 0 aromatic carbocycles. The van der Waals surface area contributed by atoms with Crippen LogP contribution in [0.15, 0.2) is 0 Å². The van der Waals surface area contributed by atoms with E-state index in [4.69, 9.17) is 11.6 Å². The maximum atomic E-state index is 11.7. The lowest BCUT2D eigenvalue weighted by molar-refractivity contribution is 0.262. The van der Waals surface area contributed by atoms with Gasteiger partial charge in [-0.1, -0.05) is 6.92 Å². The first-order valence-electron chi connectivity index (χ1n) is 5.29. The highest BCUT2D eigenvalue weighted by Crippen LogP contribution is 2.15. The normalized spacial score (nSPS) is 26.5. The van der Waals surface area contributed by atoms with Gasteiger partial charge in [-0.3, -0.25) is 0 Å². The number of rotatable bonds is 3. The fourth-order valence-corrected chi connectivity index (χ4v) is 3.51. The SMILES string of the molecule is CCN1CCCN(S(=O)(=O)CCl)C(C)C1. The highest BCUT2D eigenvalue weighted by atomic mass is 35.5. The first kappa shape index (κ1) is 13.2. The van der Waals surface area contributed by atoms with E-state index in [2.05, 4.69) is 11.8 Å². The second-order valence-electron chi connectivity index (χ2n) is 3.93. The molecule has 15 heavy (non-hydrogen) atoms. The average Bonchev–Trinajstić information content (AvgIpc) is 2.40. The maximum absolute atomic E-state index is 11.7. The Morgan fingerprint density at radius 1 is 1.40 bits per heavy atom. The monoisotopic (exact) mass is 254 g/mol. The zero-order chi connectivity index (χ0) is 11.5. The Kier molecular flexibility index (Phi) is 4.83. The molecule has 1 atom stereocenters. The molecule has 1 aliphatic heterocycles. The van der Waals surface area contributed by atoms with Crippen LogP contribution in [0, 0.1) is 0 Å². The van der Waals surface area contributed by atoms with E-state index in [1.54, 1.807) is 0 Å². The van der Waals surface area contributed by atoms with Gasteiger partial charge in [0.25, 0.3) is 0 Å². The maximum Gasteiger partial charge on any atom is 0.228 e. The van der Waals surface area contributed by atoms with Gasteiger partial charge < -0.3 is 4.90 Å². The predicted molar refractivity (Wildman–Crippen MR) is 62.5 cm³/mol. The molecular formula is C9H19ClN2O2S. The molecule has 0 N–H and O–H groups in total. The summed E-state index contributed by atoms with van der Waals surface area (Å²) in [6.07, 6.45) is 0.883. The Morgan fingerprint density at radius 2 is 2.07 bits per heavy atom. The van der Waals surface area contributed by atoms with E-state index in [-0.39, 0.29) is 11.3 Å². The third kappa shape index (κ3) is 3.31. The second-order valence-corrected chi connectivity index (χ2v) is 6.43. The highest BCUT2D eigenvalue weighted by Gasteiger charge is 2.29. The molecule has 0 aromatic rings. The topological polar surface area (TPSA) is 40.6 Å². The Bertz CT molecular complexity index is 294. The molecule has 0 saturated carbocycles. The van der Waals surface area contributed by atoms with Gasteiger partial charge in [-0.15, -0.1) is 11.6 Å². The van der Waals surface area contributed by atoms with Gasteiger partial charge in [-0.2, -0.15) is 4.31 Å². The zero-order valence-electron chi connectivity index (χ0n) is 9.32. The summed E-state index contributed by atoms with van der Waals surface area (Å²) in [6.45, 7) is 7.37. The van der Waals surface area contributed by atoms with E-state index >= 15 is 0 Å². The van der Waals surface area contributed by atoms with Crippen LogP contribution in [-0.2, 0) is 10.0 Å². The minimum Gasteiger partial charge on any atom is -0.302 e. The zero-order valence-corrected chi connectivity index (χ0v) is 10.9. The molecule has 6 heteroatoms. The van der Waals surface area contributed by atoms with E-state index in [0.717, 1.165) is 26.1 Å². The molecule has 1 unspecified atom stereocenters. The van der Waals surface area contributed by atoms with Gasteiger partial charge in [-0.25, -0.2) is 8.42 Å². The van der Waals surface area contributed by atoms with Crippen LogP contribution >= 0.6 is 11.6 Å². The fourth-order valence-electron chi connectivity index (χ4n) is 1.99. The standard InChI is InChI=1S/C9H19ClN2O2S/c1-3-11-5-4-6-12(9(2)7-11)15(13,14)8-10/h9H,3-8H2,1-2H3. The van der Waals surface area contributed by atoms with Crippen molar-refractivity contribution >= 4 is 21.6 Å². The van der Waals surface area contributed by atoms with E-state index in [1.165, 1.54) is 4.31 Å². The third-order valence-corrected chi connectivity index (χ3v) is 5.17. The van der Waals surface area contributed by atoms with Gasteiger partial charge in [0.15, 0.2) is 0 Å². The van der Waals surface area contributed by atoms with Gasteiger partial charge >= 0.3 is 0 Å². The van der Waals surface area contributed by atoms with Gasteiger partial charge in [0.1, 0.15) is 5.21 Å². The van der Waals surface area contributed by atoms with Gasteiger partial charge in [0.05, 0.1) is 0 Å². The molecular weight excluding hydrogens is 236 g/mol. The molecule has 0 aliphatic carbocycles. The average molecular weight is 255 g/mol. The van der Waals surface area contributed by atoms with Crippen LogP contribution in [0.1, 0.15) is 20.3 Å². The number of hydrogen-bond donors (Lipinski definition) is 0. The van der Waals surface area contributed by atoms with Crippen LogP contribution < -0.4 is 0 Å². The smallest absolute Gasteiger partial charge is 0.228 e. The number of likely N-dealkylation sites (N-methyl/N-ethyl adjacent to an activating group) is 1. The number of nitrogens with zero attached hydrogens (tertiary/aromatic N) is 2. The first-order chi connectivity index (χ1) is 7.01. The lowest BCUT2D eigenvalue weighted by atomic mass is 10.3. The summed E-state index contributed by atoms with van der Waals surface area (Å²) in [6, 6.07) is 0.0243. The molecule has 1 aliphatic rings. The van der Waals surface area contributed by atoms with Crippen molar-refractivity contribution in [2.24, 2.45) is 0 Å². The number of alkyl halides is 1. The van der Waals surface area contributed by atoms with E-state index in [9.17, 15) is 8.42 Å². The molecule has 1 rings (SSSR count). The molecule has 0 bridgehead atoms. The van der Waals surface area contributed by atoms with Crippen molar-refractivity contribution < 1.29 is 8.42 Å². The molecule has 1 fully saturated rings. The highest BCUT2D eigenvalue weighted by molar-refractivity contribution is 7.90. The molecule has 0 aromatic heterocycles. The van der Waals surface area contributed by atoms with Gasteiger partial charge in [0, 0.05) is 19.1 Å². The van der Waals surface area contributed by atoms with Crippen LogP contribution in [-0.4, -0.2) is 55.1 Å². The molecule has 0 radical (unpaired) electrons. The summed E-state index contributed by atoms with van der Waals surface area (Å²) in [5.74, 6) is 0. The molecule has 0 spiro atoms. The minimum absolute atomic E-state index is 0.0243. The van der Waals surface area contributed by atoms with E-state index < -0.39 is 10.0 Å². The largest absolute Gasteiger partial charge is 0.302 e. The quantitative estimate of drug-likeness (QED) is 0.704. The molecule has 4 nitrogen and oxygen atoms in total. The van der Waals surface area contributed by atoms with Crippen LogP contribution in [0.3, 0.4) is 0 Å². The Balaban J connectivity index is 2.75. The Morgan fingerprint density at radius 3 is 2.60 bits per heavy atom. The Labute approximate surface area is 97.2 Å². The summed E-state index contributed by atoms with van der Waals surface area (Å²) in [4.78, 5) is 2.27. The summed E-state index contributed by atoms with van der Waals surface area (Å²) in [7, 11) is -3.25. The fraction of sp³-hybridized carbons (Fsp3) is 1.00. The molecule has 0 amide bonds. The lowest BCUT2D eigenvalue weighted by Crippen LogP contribution is -2.42. The van der Waals surface area contributed by atoms with Crippen molar-refractivity contribution in [3.05, 3.63) is 0 Å². The van der Waals surface area contributed by atoms with E-state index in [1.807, 2.05) is 6.92 Å². The van der Waals surface area contributed by atoms with Crippen molar-refractivity contribution in [1.29, 1.82) is 0 Å². The van der Waals surface area contributed by atoms with Crippen molar-refractivity contribution in [2.45, 2.75) is 26.3 Å². The molecule has 1 saturated heterocycles. The number of sulfonamides is 1. The molecule has 1 heterocycles. The van der Waals surface area contributed by atoms with Gasteiger partial charge in [-0.05, 0) is 26.4 Å². The Hall–Kier alpha value is 0.160. The molecule has 90 valence electrons. The summed E-state index contributed by atoms with van der Waals surface area (Å²) < 4.78 is 24.9. The van der Waals surface area contributed by atoms with Crippen LogP contribution in [0.2, 0.25) is 0 Å². The van der Waals surface area contributed by atoms with Crippen LogP contribution in [0.4, 0.5) is 0 Å². The van der Waals surface area contributed by atoms with E-state index in [0.29, 0.717) is 6.54 Å². The number of hydrogen-bond acceptors (Lipinski definition) is 3.